The number of carbonyl (C=O) groups is 2. The summed E-state index contributed by atoms with van der Waals surface area (Å²) >= 11 is 6.12. The number of amides is 2. The number of halogens is 1. The van der Waals surface area contributed by atoms with Gasteiger partial charge in [0.2, 0.25) is 0 Å². The van der Waals surface area contributed by atoms with Crippen LogP contribution in [-0.2, 0) is 4.79 Å². The third-order valence-corrected chi connectivity index (χ3v) is 4.80. The van der Waals surface area contributed by atoms with Gasteiger partial charge in [-0.05, 0) is 48.9 Å². The monoisotopic (exact) mass is 389 g/mol. The first-order valence-electron chi connectivity index (χ1n) is 8.69. The molecule has 0 radical (unpaired) electrons. The Bertz CT molecular complexity index is 1120. The maximum absolute atomic E-state index is 12.4. The molecular weight excluding hydrogens is 374 g/mol. The second kappa shape index (κ2) is 7.29. The molecule has 28 heavy (non-hydrogen) atoms. The lowest BCUT2D eigenvalue weighted by Gasteiger charge is -2.08. The van der Waals surface area contributed by atoms with Gasteiger partial charge in [-0.3, -0.25) is 9.59 Å². The van der Waals surface area contributed by atoms with Crippen LogP contribution in [0.3, 0.4) is 0 Å². The number of hydrogen-bond donors (Lipinski definition) is 2. The second-order valence-corrected chi connectivity index (χ2v) is 6.80. The molecule has 0 fully saturated rings. The summed E-state index contributed by atoms with van der Waals surface area (Å²) in [5.41, 5.74) is 4.38. The summed E-state index contributed by atoms with van der Waals surface area (Å²) in [7, 11) is 0. The average Bonchev–Trinajstić information content (AvgIpc) is 3.01. The van der Waals surface area contributed by atoms with E-state index in [0.717, 1.165) is 11.3 Å². The van der Waals surface area contributed by atoms with E-state index in [-0.39, 0.29) is 11.8 Å². The van der Waals surface area contributed by atoms with Gasteiger partial charge in [0, 0.05) is 16.8 Å². The van der Waals surface area contributed by atoms with Crippen molar-refractivity contribution in [3.63, 3.8) is 0 Å². The molecular formula is C22H16ClN3O2. The van der Waals surface area contributed by atoms with E-state index in [1.165, 1.54) is 0 Å². The first-order chi connectivity index (χ1) is 13.5. The number of anilines is 2. The van der Waals surface area contributed by atoms with Gasteiger partial charge in [0.1, 0.15) is 5.71 Å². The molecule has 1 heterocycles. The summed E-state index contributed by atoms with van der Waals surface area (Å²) in [5, 5.41) is 6.10. The van der Waals surface area contributed by atoms with Crippen LogP contribution in [0.4, 0.5) is 17.1 Å². The highest BCUT2D eigenvalue weighted by Gasteiger charge is 2.27. The Hall–Kier alpha value is -3.44. The lowest BCUT2D eigenvalue weighted by molar-refractivity contribution is -0.110. The molecule has 0 atom stereocenters. The van der Waals surface area contributed by atoms with Gasteiger partial charge in [0.05, 0.1) is 16.4 Å². The van der Waals surface area contributed by atoms with Crippen LogP contribution in [0, 0.1) is 6.92 Å². The highest BCUT2D eigenvalue weighted by molar-refractivity contribution is 6.55. The van der Waals surface area contributed by atoms with Crippen LogP contribution in [0.1, 0.15) is 21.5 Å². The van der Waals surface area contributed by atoms with E-state index in [4.69, 9.17) is 11.6 Å². The Morgan fingerprint density at radius 3 is 2.50 bits per heavy atom. The molecule has 138 valence electrons. The number of aliphatic imine (C=N–C) groups is 1. The number of carbonyl (C=O) groups excluding carboxylic acids is 2. The molecule has 0 unspecified atom stereocenters. The van der Waals surface area contributed by atoms with E-state index in [1.54, 1.807) is 42.5 Å². The maximum Gasteiger partial charge on any atom is 0.275 e. The molecule has 3 aromatic carbocycles. The number of benzene rings is 3. The summed E-state index contributed by atoms with van der Waals surface area (Å²) in [6.07, 6.45) is 0. The Morgan fingerprint density at radius 1 is 1.00 bits per heavy atom. The number of para-hydroxylation sites is 2. The van der Waals surface area contributed by atoms with Crippen LogP contribution in [-0.4, -0.2) is 17.5 Å². The van der Waals surface area contributed by atoms with Gasteiger partial charge >= 0.3 is 0 Å². The fourth-order valence-corrected chi connectivity index (χ4v) is 3.20. The molecule has 0 saturated heterocycles. The van der Waals surface area contributed by atoms with Crippen LogP contribution < -0.4 is 10.6 Å². The van der Waals surface area contributed by atoms with E-state index in [9.17, 15) is 9.59 Å². The van der Waals surface area contributed by atoms with Crippen LogP contribution in [0.2, 0.25) is 5.02 Å². The molecule has 0 aliphatic carbocycles. The summed E-state index contributed by atoms with van der Waals surface area (Å²) in [6.45, 7) is 1.94. The Labute approximate surface area is 167 Å². The summed E-state index contributed by atoms with van der Waals surface area (Å²) in [5.74, 6) is -0.506. The summed E-state index contributed by atoms with van der Waals surface area (Å²) in [4.78, 5) is 29.1. The predicted molar refractivity (Wildman–Crippen MR) is 112 cm³/mol. The minimum Gasteiger partial charge on any atom is -0.322 e. The molecule has 1 aliphatic rings. The third-order valence-electron chi connectivity index (χ3n) is 4.49. The molecule has 0 aromatic heterocycles. The van der Waals surface area contributed by atoms with Gasteiger partial charge in [-0.2, -0.15) is 0 Å². The fourth-order valence-electron chi connectivity index (χ4n) is 2.98. The van der Waals surface area contributed by atoms with E-state index >= 15 is 0 Å². The van der Waals surface area contributed by atoms with Crippen molar-refractivity contribution in [3.05, 3.63) is 88.4 Å². The minimum atomic E-state index is -0.301. The van der Waals surface area contributed by atoms with Crippen LogP contribution in [0.15, 0.2) is 71.7 Å². The van der Waals surface area contributed by atoms with Crippen LogP contribution >= 0.6 is 11.6 Å². The highest BCUT2D eigenvalue weighted by atomic mass is 35.5. The van der Waals surface area contributed by atoms with Crippen LogP contribution in [0.5, 0.6) is 0 Å². The summed E-state index contributed by atoms with van der Waals surface area (Å²) in [6, 6.07) is 19.6. The minimum absolute atomic E-state index is 0.204. The first-order valence-corrected chi connectivity index (χ1v) is 9.07. The molecule has 6 heteroatoms. The topological polar surface area (TPSA) is 70.6 Å². The standard InChI is InChI=1S/C22H16ClN3O2/c1-13-5-2-3-8-18(13)25-21(27)14-9-11-15(12-10-14)24-20-16-6-4-7-17(23)19(16)26-22(20)28/h2-12H,1H3,(H,25,27)(H,24,26,28). The highest BCUT2D eigenvalue weighted by Crippen LogP contribution is 2.32. The van der Waals surface area contributed by atoms with Crippen molar-refractivity contribution < 1.29 is 9.59 Å². The fraction of sp³-hybridized carbons (Fsp3) is 0.0455. The molecule has 3 aromatic rings. The zero-order valence-corrected chi connectivity index (χ0v) is 15.7. The normalized spacial score (nSPS) is 13.9. The van der Waals surface area contributed by atoms with Crippen molar-refractivity contribution >= 4 is 46.2 Å². The van der Waals surface area contributed by atoms with Crippen molar-refractivity contribution in [2.45, 2.75) is 6.92 Å². The molecule has 0 saturated carbocycles. The number of fused-ring (bicyclic) bond motifs is 1. The number of nitrogens with zero attached hydrogens (tertiary/aromatic N) is 1. The molecule has 5 nitrogen and oxygen atoms in total. The van der Waals surface area contributed by atoms with Gasteiger partial charge in [-0.15, -0.1) is 0 Å². The Balaban J connectivity index is 1.57. The molecule has 0 bridgehead atoms. The Kier molecular flexibility index (Phi) is 4.67. The van der Waals surface area contributed by atoms with Gasteiger partial charge in [0.25, 0.3) is 11.8 Å². The van der Waals surface area contributed by atoms with Crippen molar-refractivity contribution in [1.82, 2.24) is 0 Å². The first kappa shape index (κ1) is 17.9. The average molecular weight is 390 g/mol. The number of nitrogens with one attached hydrogen (secondary N) is 2. The van der Waals surface area contributed by atoms with Gasteiger partial charge in [0.15, 0.2) is 0 Å². The number of rotatable bonds is 3. The molecule has 4 rings (SSSR count). The van der Waals surface area contributed by atoms with Crippen molar-refractivity contribution in [2.24, 2.45) is 4.99 Å². The predicted octanol–water partition coefficient (Wildman–Crippen LogP) is 4.97. The second-order valence-electron chi connectivity index (χ2n) is 6.39. The van der Waals surface area contributed by atoms with E-state index in [1.807, 2.05) is 31.2 Å². The Morgan fingerprint density at radius 2 is 1.75 bits per heavy atom. The van der Waals surface area contributed by atoms with Gasteiger partial charge in [-0.25, -0.2) is 4.99 Å². The lowest BCUT2D eigenvalue weighted by Crippen LogP contribution is -2.14. The number of aryl methyl sites for hydroxylation is 1. The van der Waals surface area contributed by atoms with Crippen molar-refractivity contribution in [2.75, 3.05) is 10.6 Å². The quantitative estimate of drug-likeness (QED) is 0.663. The zero-order chi connectivity index (χ0) is 19.7. The third kappa shape index (κ3) is 3.40. The van der Waals surface area contributed by atoms with Crippen LogP contribution in [0.25, 0.3) is 0 Å². The smallest absolute Gasteiger partial charge is 0.275 e. The largest absolute Gasteiger partial charge is 0.322 e. The van der Waals surface area contributed by atoms with Gasteiger partial charge in [-0.1, -0.05) is 41.9 Å². The van der Waals surface area contributed by atoms with Crippen molar-refractivity contribution in [3.8, 4) is 0 Å². The van der Waals surface area contributed by atoms with E-state index < -0.39 is 0 Å². The zero-order valence-electron chi connectivity index (χ0n) is 15.0. The molecule has 2 amide bonds. The lowest BCUT2D eigenvalue weighted by atomic mass is 10.1. The number of hydrogen-bond acceptors (Lipinski definition) is 3. The van der Waals surface area contributed by atoms with E-state index in [0.29, 0.717) is 33.2 Å². The van der Waals surface area contributed by atoms with Crippen molar-refractivity contribution in [1.29, 1.82) is 0 Å². The molecule has 1 aliphatic heterocycles. The maximum atomic E-state index is 12.4. The summed E-state index contributed by atoms with van der Waals surface area (Å²) < 4.78 is 0. The molecule has 0 spiro atoms. The SMILES string of the molecule is Cc1ccccc1NC(=O)c1ccc(N=C2C(=O)Nc3c(Cl)cccc32)cc1. The van der Waals surface area contributed by atoms with Gasteiger partial charge < -0.3 is 10.6 Å². The molecule has 2 N–H and O–H groups in total. The van der Waals surface area contributed by atoms with E-state index in [2.05, 4.69) is 15.6 Å².